The highest BCUT2D eigenvalue weighted by atomic mass is 16.2. The van der Waals surface area contributed by atoms with E-state index in [1.807, 2.05) is 71.4 Å². The Bertz CT molecular complexity index is 1060. The molecule has 1 aromatic heterocycles. The molecule has 160 valence electrons. The Morgan fingerprint density at radius 1 is 1.00 bits per heavy atom. The number of para-hydroxylation sites is 1. The molecule has 1 heterocycles. The Labute approximate surface area is 182 Å². The van der Waals surface area contributed by atoms with E-state index in [4.69, 9.17) is 0 Å². The fraction of sp³-hybridized carbons (Fsp3) is 0.320. The van der Waals surface area contributed by atoms with Gasteiger partial charge in [-0.25, -0.2) is 0 Å². The molecule has 1 aliphatic rings. The third kappa shape index (κ3) is 4.85. The zero-order chi connectivity index (χ0) is 22.0. The van der Waals surface area contributed by atoms with Crippen LogP contribution in [0.5, 0.6) is 0 Å². The first-order valence-corrected chi connectivity index (χ1v) is 10.6. The van der Waals surface area contributed by atoms with Gasteiger partial charge in [-0.05, 0) is 57.4 Å². The van der Waals surface area contributed by atoms with Crippen molar-refractivity contribution in [1.82, 2.24) is 15.1 Å². The fourth-order valence-corrected chi connectivity index (χ4v) is 3.60. The van der Waals surface area contributed by atoms with E-state index in [9.17, 15) is 9.59 Å². The monoisotopic (exact) mass is 416 g/mol. The maximum absolute atomic E-state index is 13.2. The number of hydrogen-bond acceptors (Lipinski definition) is 3. The molecule has 0 bridgehead atoms. The van der Waals surface area contributed by atoms with Gasteiger partial charge in [0.05, 0.1) is 5.54 Å². The molecule has 0 spiro atoms. The number of carbonyl (C=O) groups is 2. The van der Waals surface area contributed by atoms with Crippen molar-refractivity contribution in [2.75, 3.05) is 5.32 Å². The van der Waals surface area contributed by atoms with Gasteiger partial charge in [-0.3, -0.25) is 14.3 Å². The molecule has 3 aromatic rings. The second-order valence-electron chi connectivity index (χ2n) is 8.98. The lowest BCUT2D eigenvalue weighted by Gasteiger charge is -2.22. The number of nitrogens with zero attached hydrogens (tertiary/aromatic N) is 2. The summed E-state index contributed by atoms with van der Waals surface area (Å²) in [5.41, 5.74) is 2.59. The van der Waals surface area contributed by atoms with Gasteiger partial charge >= 0.3 is 0 Å². The van der Waals surface area contributed by atoms with E-state index in [1.54, 1.807) is 0 Å². The SMILES string of the molecule is CC(C)(C)n1nc(C(=O)NC(C(=O)Nc2ccccc2)c2ccccc2)cc1C1CC1. The van der Waals surface area contributed by atoms with Crippen molar-refractivity contribution in [2.45, 2.75) is 51.1 Å². The topological polar surface area (TPSA) is 76.0 Å². The van der Waals surface area contributed by atoms with Gasteiger partial charge in [-0.2, -0.15) is 5.10 Å². The fourth-order valence-electron chi connectivity index (χ4n) is 3.60. The summed E-state index contributed by atoms with van der Waals surface area (Å²) in [6.45, 7) is 6.23. The zero-order valence-electron chi connectivity index (χ0n) is 18.1. The van der Waals surface area contributed by atoms with Gasteiger partial charge in [-0.15, -0.1) is 0 Å². The van der Waals surface area contributed by atoms with Crippen LogP contribution in [-0.4, -0.2) is 21.6 Å². The molecule has 1 aliphatic carbocycles. The van der Waals surface area contributed by atoms with Gasteiger partial charge in [0, 0.05) is 17.3 Å². The third-order valence-electron chi connectivity index (χ3n) is 5.31. The summed E-state index contributed by atoms with van der Waals surface area (Å²) in [7, 11) is 0. The Hall–Kier alpha value is -3.41. The first-order chi connectivity index (χ1) is 14.8. The molecule has 2 aromatic carbocycles. The minimum atomic E-state index is -0.835. The lowest BCUT2D eigenvalue weighted by atomic mass is 10.1. The number of anilines is 1. The molecule has 31 heavy (non-hydrogen) atoms. The predicted octanol–water partition coefficient (Wildman–Crippen LogP) is 4.63. The van der Waals surface area contributed by atoms with E-state index in [0.717, 1.165) is 18.5 Å². The number of amides is 2. The molecule has 4 rings (SSSR count). The van der Waals surface area contributed by atoms with Crippen LogP contribution in [0.25, 0.3) is 0 Å². The number of benzene rings is 2. The number of aromatic nitrogens is 2. The van der Waals surface area contributed by atoms with Gasteiger partial charge in [0.25, 0.3) is 11.8 Å². The zero-order valence-corrected chi connectivity index (χ0v) is 18.1. The van der Waals surface area contributed by atoms with Gasteiger partial charge in [0.15, 0.2) is 5.69 Å². The molecule has 6 heteroatoms. The third-order valence-corrected chi connectivity index (χ3v) is 5.31. The molecular weight excluding hydrogens is 388 g/mol. The Morgan fingerprint density at radius 2 is 1.61 bits per heavy atom. The lowest BCUT2D eigenvalue weighted by Crippen LogP contribution is -2.37. The van der Waals surface area contributed by atoms with Crippen LogP contribution in [0.4, 0.5) is 5.69 Å². The van der Waals surface area contributed by atoms with Crippen molar-refractivity contribution in [3.05, 3.63) is 83.7 Å². The average Bonchev–Trinajstić information content (AvgIpc) is 3.49. The summed E-state index contributed by atoms with van der Waals surface area (Å²) < 4.78 is 1.95. The van der Waals surface area contributed by atoms with E-state index < -0.39 is 6.04 Å². The van der Waals surface area contributed by atoms with Crippen molar-refractivity contribution in [3.8, 4) is 0 Å². The van der Waals surface area contributed by atoms with Crippen molar-refractivity contribution in [1.29, 1.82) is 0 Å². The highest BCUT2D eigenvalue weighted by molar-refractivity contribution is 6.01. The summed E-state index contributed by atoms with van der Waals surface area (Å²) in [6, 6.07) is 19.5. The van der Waals surface area contributed by atoms with Crippen LogP contribution < -0.4 is 10.6 Å². The van der Waals surface area contributed by atoms with Crippen LogP contribution in [0.3, 0.4) is 0 Å². The second-order valence-corrected chi connectivity index (χ2v) is 8.98. The average molecular weight is 417 g/mol. The smallest absolute Gasteiger partial charge is 0.272 e. The molecule has 1 atom stereocenters. The largest absolute Gasteiger partial charge is 0.335 e. The van der Waals surface area contributed by atoms with E-state index in [-0.39, 0.29) is 17.4 Å². The van der Waals surface area contributed by atoms with Gasteiger partial charge in [0.2, 0.25) is 0 Å². The molecular formula is C25H28N4O2. The van der Waals surface area contributed by atoms with Gasteiger partial charge in [0.1, 0.15) is 6.04 Å². The van der Waals surface area contributed by atoms with Crippen LogP contribution in [0.15, 0.2) is 66.7 Å². The maximum atomic E-state index is 13.2. The minimum Gasteiger partial charge on any atom is -0.335 e. The quantitative estimate of drug-likeness (QED) is 0.615. The van der Waals surface area contributed by atoms with Crippen molar-refractivity contribution >= 4 is 17.5 Å². The number of hydrogen-bond donors (Lipinski definition) is 2. The highest BCUT2D eigenvalue weighted by Gasteiger charge is 2.33. The first kappa shape index (κ1) is 20.8. The summed E-state index contributed by atoms with van der Waals surface area (Å²) in [5.74, 6) is -0.204. The molecule has 0 aliphatic heterocycles. The van der Waals surface area contributed by atoms with E-state index >= 15 is 0 Å². The first-order valence-electron chi connectivity index (χ1n) is 10.6. The van der Waals surface area contributed by atoms with Crippen LogP contribution in [0.2, 0.25) is 0 Å². The Kier molecular flexibility index (Phi) is 5.63. The van der Waals surface area contributed by atoms with Crippen molar-refractivity contribution in [2.24, 2.45) is 0 Å². The van der Waals surface area contributed by atoms with Crippen LogP contribution in [-0.2, 0) is 10.3 Å². The molecule has 2 amide bonds. The summed E-state index contributed by atoms with van der Waals surface area (Å²) in [5, 5.41) is 10.4. The Morgan fingerprint density at radius 3 is 2.19 bits per heavy atom. The lowest BCUT2D eigenvalue weighted by molar-refractivity contribution is -0.118. The molecule has 1 saturated carbocycles. The Balaban J connectivity index is 1.60. The van der Waals surface area contributed by atoms with Crippen molar-refractivity contribution < 1.29 is 9.59 Å². The van der Waals surface area contributed by atoms with Crippen molar-refractivity contribution in [3.63, 3.8) is 0 Å². The normalized spacial score (nSPS) is 14.7. The second kappa shape index (κ2) is 8.38. The predicted molar refractivity (Wildman–Crippen MR) is 121 cm³/mol. The summed E-state index contributed by atoms with van der Waals surface area (Å²) >= 11 is 0. The number of rotatable bonds is 6. The summed E-state index contributed by atoms with van der Waals surface area (Å²) in [6.07, 6.45) is 2.24. The van der Waals surface area contributed by atoms with E-state index in [1.165, 1.54) is 0 Å². The molecule has 2 N–H and O–H groups in total. The molecule has 0 saturated heterocycles. The van der Waals surface area contributed by atoms with E-state index in [0.29, 0.717) is 22.9 Å². The standard InChI is InChI=1S/C25H28N4O2/c1-25(2,3)29-21(17-14-15-17)16-20(28-29)23(30)27-22(18-10-6-4-7-11-18)24(31)26-19-12-8-5-9-13-19/h4-13,16-17,22H,14-15H2,1-3H3,(H,26,31)(H,27,30). The van der Waals surface area contributed by atoms with E-state index in [2.05, 4.69) is 36.5 Å². The van der Waals surface area contributed by atoms with Crippen LogP contribution >= 0.6 is 0 Å². The molecule has 6 nitrogen and oxygen atoms in total. The number of nitrogens with one attached hydrogen (secondary N) is 2. The van der Waals surface area contributed by atoms with Gasteiger partial charge in [-0.1, -0.05) is 48.5 Å². The maximum Gasteiger partial charge on any atom is 0.272 e. The minimum absolute atomic E-state index is 0.222. The highest BCUT2D eigenvalue weighted by Crippen LogP contribution is 2.41. The molecule has 0 radical (unpaired) electrons. The van der Waals surface area contributed by atoms with Crippen LogP contribution in [0.1, 0.15) is 67.3 Å². The molecule has 1 fully saturated rings. The summed E-state index contributed by atoms with van der Waals surface area (Å²) in [4.78, 5) is 26.2. The van der Waals surface area contributed by atoms with Crippen LogP contribution in [0, 0.1) is 0 Å². The number of carbonyl (C=O) groups excluding carboxylic acids is 2. The van der Waals surface area contributed by atoms with Gasteiger partial charge < -0.3 is 10.6 Å². The molecule has 1 unspecified atom stereocenters.